The molecule has 1 atom stereocenters. The Bertz CT molecular complexity index is 686. The Balaban J connectivity index is 2.05. The smallest absolute Gasteiger partial charge is 0.197 e. The minimum Gasteiger partial charge on any atom is -0.324 e. The first-order valence-electron chi connectivity index (χ1n) is 6.78. The van der Waals surface area contributed by atoms with Gasteiger partial charge in [0.2, 0.25) is 0 Å². The van der Waals surface area contributed by atoms with Gasteiger partial charge in [-0.3, -0.25) is 9.78 Å². The van der Waals surface area contributed by atoms with Crippen LogP contribution in [-0.4, -0.2) is 10.8 Å². The van der Waals surface area contributed by atoms with Gasteiger partial charge in [0.15, 0.2) is 5.78 Å². The predicted octanol–water partition coefficient (Wildman–Crippen LogP) is 3.51. The Labute approximate surface area is 126 Å². The number of ketones is 1. The maximum absolute atomic E-state index is 14.7. The van der Waals surface area contributed by atoms with E-state index in [4.69, 9.17) is 17.3 Å². The Morgan fingerprint density at radius 2 is 1.95 bits per heavy atom. The molecule has 1 aliphatic rings. The summed E-state index contributed by atoms with van der Waals surface area (Å²) in [4.78, 5) is 16.3. The second kappa shape index (κ2) is 5.54. The van der Waals surface area contributed by atoms with E-state index >= 15 is 0 Å². The van der Waals surface area contributed by atoms with Crippen LogP contribution in [0.2, 0.25) is 5.02 Å². The number of nitrogens with zero attached hydrogens (tertiary/aromatic N) is 1. The van der Waals surface area contributed by atoms with Crippen LogP contribution in [-0.2, 0) is 0 Å². The third kappa shape index (κ3) is 2.69. The molecule has 1 fully saturated rings. The average molecular weight is 305 g/mol. The summed E-state index contributed by atoms with van der Waals surface area (Å²) in [6, 6.07) is 5.80. The van der Waals surface area contributed by atoms with Crippen LogP contribution in [0.15, 0.2) is 36.7 Å². The molecule has 0 bridgehead atoms. The van der Waals surface area contributed by atoms with Crippen LogP contribution < -0.4 is 5.73 Å². The lowest BCUT2D eigenvalue weighted by Gasteiger charge is -2.15. The summed E-state index contributed by atoms with van der Waals surface area (Å²) in [5, 5.41) is 0.0982. The lowest BCUT2D eigenvalue weighted by atomic mass is 9.96. The fraction of sp³-hybridized carbons (Fsp3) is 0.250. The maximum Gasteiger partial charge on any atom is 0.197 e. The number of carbonyl (C=O) groups excluding carboxylic acids is 1. The molecule has 1 aromatic heterocycles. The SMILES string of the molecule is N[C@@H](c1ccc(Cl)c(C(=O)c2ccncc2)c1F)C1CC1. The number of hydrogen-bond acceptors (Lipinski definition) is 3. The zero-order valence-electron chi connectivity index (χ0n) is 11.2. The first-order valence-corrected chi connectivity index (χ1v) is 7.15. The fourth-order valence-electron chi connectivity index (χ4n) is 2.39. The van der Waals surface area contributed by atoms with Crippen LogP contribution in [0.3, 0.4) is 0 Å². The molecule has 1 saturated carbocycles. The summed E-state index contributed by atoms with van der Waals surface area (Å²) >= 11 is 6.03. The van der Waals surface area contributed by atoms with Gasteiger partial charge >= 0.3 is 0 Å². The van der Waals surface area contributed by atoms with E-state index in [2.05, 4.69) is 4.98 Å². The molecule has 2 aromatic rings. The summed E-state index contributed by atoms with van der Waals surface area (Å²) in [7, 11) is 0. The van der Waals surface area contributed by atoms with E-state index in [1.54, 1.807) is 6.07 Å². The molecular formula is C16H14ClFN2O. The van der Waals surface area contributed by atoms with Crippen LogP contribution in [0.1, 0.15) is 40.4 Å². The van der Waals surface area contributed by atoms with E-state index in [0.29, 0.717) is 17.0 Å². The number of hydrogen-bond donors (Lipinski definition) is 1. The highest BCUT2D eigenvalue weighted by atomic mass is 35.5. The number of aromatic nitrogens is 1. The van der Waals surface area contributed by atoms with Gasteiger partial charge in [0.05, 0.1) is 10.6 Å². The minimum atomic E-state index is -0.608. The molecule has 0 spiro atoms. The first-order chi connectivity index (χ1) is 10.1. The molecule has 0 saturated heterocycles. The summed E-state index contributed by atoms with van der Waals surface area (Å²) in [5.41, 5.74) is 6.65. The van der Waals surface area contributed by atoms with Crippen molar-refractivity contribution < 1.29 is 9.18 Å². The van der Waals surface area contributed by atoms with Gasteiger partial charge in [-0.2, -0.15) is 0 Å². The number of carbonyl (C=O) groups is 1. The van der Waals surface area contributed by atoms with Crippen molar-refractivity contribution in [3.8, 4) is 0 Å². The van der Waals surface area contributed by atoms with Crippen LogP contribution >= 0.6 is 11.6 Å². The molecular weight excluding hydrogens is 291 g/mol. The van der Waals surface area contributed by atoms with Crippen LogP contribution in [0.4, 0.5) is 4.39 Å². The van der Waals surface area contributed by atoms with Gasteiger partial charge in [0.1, 0.15) is 5.82 Å². The van der Waals surface area contributed by atoms with Crippen molar-refractivity contribution in [1.82, 2.24) is 4.98 Å². The Morgan fingerprint density at radius 1 is 1.29 bits per heavy atom. The molecule has 1 heterocycles. The van der Waals surface area contributed by atoms with Gasteiger partial charge in [-0.05, 0) is 37.0 Å². The van der Waals surface area contributed by atoms with Crippen molar-refractivity contribution in [2.45, 2.75) is 18.9 Å². The van der Waals surface area contributed by atoms with Gasteiger partial charge < -0.3 is 5.73 Å². The van der Waals surface area contributed by atoms with E-state index in [1.807, 2.05) is 0 Å². The molecule has 21 heavy (non-hydrogen) atoms. The summed E-state index contributed by atoms with van der Waals surface area (Å²) in [6.07, 6.45) is 4.96. The van der Waals surface area contributed by atoms with Crippen LogP contribution in [0, 0.1) is 11.7 Å². The number of pyridine rings is 1. The van der Waals surface area contributed by atoms with Crippen molar-refractivity contribution in [2.24, 2.45) is 11.7 Å². The number of nitrogens with two attached hydrogens (primary N) is 1. The third-order valence-corrected chi connectivity index (χ3v) is 4.09. The molecule has 2 N–H and O–H groups in total. The lowest BCUT2D eigenvalue weighted by molar-refractivity contribution is 0.103. The molecule has 0 amide bonds. The van der Waals surface area contributed by atoms with E-state index < -0.39 is 11.6 Å². The highest BCUT2D eigenvalue weighted by molar-refractivity contribution is 6.35. The normalized spacial score (nSPS) is 15.8. The number of benzene rings is 1. The largest absolute Gasteiger partial charge is 0.324 e. The molecule has 0 radical (unpaired) electrons. The van der Waals surface area contributed by atoms with Gasteiger partial charge in [0.25, 0.3) is 0 Å². The van der Waals surface area contributed by atoms with E-state index in [0.717, 1.165) is 12.8 Å². The Hall–Kier alpha value is -1.78. The molecule has 0 unspecified atom stereocenters. The van der Waals surface area contributed by atoms with Crippen molar-refractivity contribution >= 4 is 17.4 Å². The fourth-order valence-corrected chi connectivity index (χ4v) is 2.62. The van der Waals surface area contributed by atoms with Crippen molar-refractivity contribution in [2.75, 3.05) is 0 Å². The minimum absolute atomic E-state index is 0.0982. The second-order valence-corrected chi connectivity index (χ2v) is 5.66. The highest BCUT2D eigenvalue weighted by Crippen LogP contribution is 2.41. The molecule has 3 rings (SSSR count). The van der Waals surface area contributed by atoms with Crippen LogP contribution in [0.25, 0.3) is 0 Å². The zero-order valence-corrected chi connectivity index (χ0v) is 12.0. The zero-order chi connectivity index (χ0) is 15.0. The van der Waals surface area contributed by atoms with E-state index in [1.165, 1.54) is 30.6 Å². The maximum atomic E-state index is 14.7. The van der Waals surface area contributed by atoms with Gasteiger partial charge in [-0.1, -0.05) is 17.7 Å². The quantitative estimate of drug-likeness (QED) is 0.879. The van der Waals surface area contributed by atoms with Crippen LogP contribution in [0.5, 0.6) is 0 Å². The standard InChI is InChI=1S/C16H14ClFN2O/c17-12-4-3-11(15(19)9-1-2-9)14(18)13(12)16(21)10-5-7-20-8-6-10/h3-9,15H,1-2,19H2/t15-/m1/s1. The van der Waals surface area contributed by atoms with Gasteiger partial charge in [-0.25, -0.2) is 4.39 Å². The molecule has 1 aromatic carbocycles. The number of rotatable bonds is 4. The molecule has 3 nitrogen and oxygen atoms in total. The van der Waals surface area contributed by atoms with Crippen molar-refractivity contribution in [1.29, 1.82) is 0 Å². The topological polar surface area (TPSA) is 56.0 Å². The number of halogens is 2. The molecule has 5 heteroatoms. The molecule has 1 aliphatic carbocycles. The second-order valence-electron chi connectivity index (χ2n) is 5.25. The monoisotopic (exact) mass is 304 g/mol. The first kappa shape index (κ1) is 14.2. The third-order valence-electron chi connectivity index (χ3n) is 3.78. The van der Waals surface area contributed by atoms with Gasteiger partial charge in [-0.15, -0.1) is 0 Å². The summed E-state index contributed by atoms with van der Waals surface area (Å²) < 4.78 is 14.7. The van der Waals surface area contributed by atoms with Crippen molar-refractivity contribution in [3.63, 3.8) is 0 Å². The van der Waals surface area contributed by atoms with Gasteiger partial charge in [0, 0.05) is 29.6 Å². The Morgan fingerprint density at radius 3 is 2.57 bits per heavy atom. The lowest BCUT2D eigenvalue weighted by Crippen LogP contribution is -2.17. The Kier molecular flexibility index (Phi) is 3.74. The van der Waals surface area contributed by atoms with Crippen molar-refractivity contribution in [3.05, 3.63) is 64.2 Å². The average Bonchev–Trinajstić information content (AvgIpc) is 3.32. The highest BCUT2D eigenvalue weighted by Gasteiger charge is 2.33. The van der Waals surface area contributed by atoms with E-state index in [-0.39, 0.29) is 16.6 Å². The molecule has 0 aliphatic heterocycles. The summed E-state index contributed by atoms with van der Waals surface area (Å²) in [5.74, 6) is -0.766. The summed E-state index contributed by atoms with van der Waals surface area (Å²) in [6.45, 7) is 0. The predicted molar refractivity (Wildman–Crippen MR) is 78.7 cm³/mol. The molecule has 108 valence electrons. The van der Waals surface area contributed by atoms with E-state index in [9.17, 15) is 9.18 Å².